The van der Waals surface area contributed by atoms with E-state index in [1.807, 2.05) is 39.0 Å². The SMILES string of the molecule is CCCC(=O)Nc1cc(C)c(Oc2ccc(C(C)C)cc2O)c(C)c1. The Hall–Kier alpha value is -2.49. The van der Waals surface area contributed by atoms with Crippen molar-refractivity contribution in [3.63, 3.8) is 0 Å². The van der Waals surface area contributed by atoms with Gasteiger partial charge in [-0.15, -0.1) is 0 Å². The molecule has 0 bridgehead atoms. The number of carbonyl (C=O) groups is 1. The number of ether oxygens (including phenoxy) is 1. The Morgan fingerprint density at radius 1 is 1.16 bits per heavy atom. The number of aryl methyl sites for hydroxylation is 2. The zero-order chi connectivity index (χ0) is 18.6. The lowest BCUT2D eigenvalue weighted by Gasteiger charge is -2.16. The normalized spacial score (nSPS) is 10.8. The first kappa shape index (κ1) is 18.8. The number of amides is 1. The Balaban J connectivity index is 2.24. The maximum atomic E-state index is 11.8. The van der Waals surface area contributed by atoms with Crippen LogP contribution in [0.2, 0.25) is 0 Å². The summed E-state index contributed by atoms with van der Waals surface area (Å²) >= 11 is 0. The minimum atomic E-state index is 0.0110. The van der Waals surface area contributed by atoms with Crippen LogP contribution >= 0.6 is 0 Å². The van der Waals surface area contributed by atoms with Gasteiger partial charge >= 0.3 is 0 Å². The van der Waals surface area contributed by atoms with Crippen molar-refractivity contribution < 1.29 is 14.6 Å². The molecular formula is C21H27NO3. The average molecular weight is 341 g/mol. The fourth-order valence-electron chi connectivity index (χ4n) is 2.72. The first-order chi connectivity index (χ1) is 11.8. The molecule has 0 aromatic heterocycles. The molecular weight excluding hydrogens is 314 g/mol. The predicted octanol–water partition coefficient (Wildman–Crippen LogP) is 5.66. The topological polar surface area (TPSA) is 58.6 Å². The summed E-state index contributed by atoms with van der Waals surface area (Å²) in [5.41, 5.74) is 3.63. The van der Waals surface area contributed by atoms with E-state index in [0.29, 0.717) is 23.8 Å². The van der Waals surface area contributed by atoms with E-state index < -0.39 is 0 Å². The summed E-state index contributed by atoms with van der Waals surface area (Å²) in [6, 6.07) is 9.26. The van der Waals surface area contributed by atoms with Crippen LogP contribution in [0, 0.1) is 13.8 Å². The standard InChI is InChI=1S/C21H27NO3/c1-6-7-20(24)22-17-10-14(4)21(15(5)11-17)25-19-9-8-16(13(2)3)12-18(19)23/h8-13,23H,6-7H2,1-5H3,(H,22,24). The van der Waals surface area contributed by atoms with E-state index in [2.05, 4.69) is 19.2 Å². The molecule has 0 radical (unpaired) electrons. The van der Waals surface area contributed by atoms with Gasteiger partial charge in [-0.2, -0.15) is 0 Å². The van der Waals surface area contributed by atoms with E-state index in [0.717, 1.165) is 28.8 Å². The van der Waals surface area contributed by atoms with E-state index >= 15 is 0 Å². The van der Waals surface area contributed by atoms with Crippen molar-refractivity contribution in [1.82, 2.24) is 0 Å². The van der Waals surface area contributed by atoms with Crippen LogP contribution < -0.4 is 10.1 Å². The van der Waals surface area contributed by atoms with Crippen LogP contribution in [0.3, 0.4) is 0 Å². The van der Waals surface area contributed by atoms with Crippen LogP contribution in [0.4, 0.5) is 5.69 Å². The predicted molar refractivity (Wildman–Crippen MR) is 102 cm³/mol. The Morgan fingerprint density at radius 2 is 1.80 bits per heavy atom. The maximum Gasteiger partial charge on any atom is 0.224 e. The Morgan fingerprint density at radius 3 is 2.32 bits per heavy atom. The maximum absolute atomic E-state index is 11.8. The van der Waals surface area contributed by atoms with E-state index in [1.165, 1.54) is 0 Å². The summed E-state index contributed by atoms with van der Waals surface area (Å²) in [6.45, 7) is 9.99. The van der Waals surface area contributed by atoms with Gasteiger partial charge in [-0.1, -0.05) is 26.8 Å². The zero-order valence-electron chi connectivity index (χ0n) is 15.6. The van der Waals surface area contributed by atoms with Gasteiger partial charge in [-0.3, -0.25) is 4.79 Å². The third-order valence-electron chi connectivity index (χ3n) is 4.08. The molecule has 25 heavy (non-hydrogen) atoms. The van der Waals surface area contributed by atoms with Gasteiger partial charge in [0.15, 0.2) is 11.5 Å². The third-order valence-corrected chi connectivity index (χ3v) is 4.08. The number of anilines is 1. The summed E-state index contributed by atoms with van der Waals surface area (Å²) < 4.78 is 5.95. The molecule has 2 aromatic rings. The summed E-state index contributed by atoms with van der Waals surface area (Å²) in [7, 11) is 0. The number of nitrogens with one attached hydrogen (secondary N) is 1. The first-order valence-corrected chi connectivity index (χ1v) is 8.73. The number of aromatic hydroxyl groups is 1. The Labute approximate surface area is 149 Å². The van der Waals surface area contributed by atoms with E-state index in [4.69, 9.17) is 4.74 Å². The van der Waals surface area contributed by atoms with Gasteiger partial charge in [0.05, 0.1) is 0 Å². The van der Waals surface area contributed by atoms with Gasteiger partial charge in [0.1, 0.15) is 5.75 Å². The molecule has 0 aliphatic heterocycles. The highest BCUT2D eigenvalue weighted by Crippen LogP contribution is 2.37. The minimum Gasteiger partial charge on any atom is -0.504 e. The van der Waals surface area contributed by atoms with Crippen molar-refractivity contribution >= 4 is 11.6 Å². The van der Waals surface area contributed by atoms with Crippen molar-refractivity contribution in [3.8, 4) is 17.2 Å². The minimum absolute atomic E-state index is 0.0110. The van der Waals surface area contributed by atoms with Crippen LogP contribution in [-0.2, 0) is 4.79 Å². The highest BCUT2D eigenvalue weighted by molar-refractivity contribution is 5.91. The van der Waals surface area contributed by atoms with Gasteiger partial charge in [0, 0.05) is 12.1 Å². The first-order valence-electron chi connectivity index (χ1n) is 8.73. The third kappa shape index (κ3) is 4.75. The molecule has 0 saturated carbocycles. The number of phenolic OH excluding ortho intramolecular Hbond substituents is 1. The number of hydrogen-bond donors (Lipinski definition) is 2. The summed E-state index contributed by atoms with van der Waals surface area (Å²) in [5, 5.41) is 13.1. The van der Waals surface area contributed by atoms with E-state index in [-0.39, 0.29) is 11.7 Å². The second-order valence-electron chi connectivity index (χ2n) is 6.72. The van der Waals surface area contributed by atoms with E-state index in [1.54, 1.807) is 12.1 Å². The Kier molecular flexibility index (Phi) is 6.07. The number of phenols is 1. The molecule has 0 fully saturated rings. The highest BCUT2D eigenvalue weighted by atomic mass is 16.5. The molecule has 2 rings (SSSR count). The fourth-order valence-corrected chi connectivity index (χ4v) is 2.72. The molecule has 2 aromatic carbocycles. The molecule has 1 amide bonds. The van der Waals surface area contributed by atoms with Crippen LogP contribution in [0.25, 0.3) is 0 Å². The smallest absolute Gasteiger partial charge is 0.224 e. The molecule has 0 unspecified atom stereocenters. The molecule has 0 atom stereocenters. The molecule has 134 valence electrons. The van der Waals surface area contributed by atoms with Crippen molar-refractivity contribution in [1.29, 1.82) is 0 Å². The summed E-state index contributed by atoms with van der Waals surface area (Å²) in [5.74, 6) is 1.61. The average Bonchev–Trinajstić information content (AvgIpc) is 2.52. The molecule has 4 nitrogen and oxygen atoms in total. The van der Waals surface area contributed by atoms with Crippen molar-refractivity contribution in [2.75, 3.05) is 5.32 Å². The molecule has 2 N–H and O–H groups in total. The number of hydrogen-bond acceptors (Lipinski definition) is 3. The van der Waals surface area contributed by atoms with Crippen LogP contribution in [0.15, 0.2) is 30.3 Å². The van der Waals surface area contributed by atoms with Crippen molar-refractivity contribution in [3.05, 3.63) is 47.0 Å². The molecule has 0 heterocycles. The largest absolute Gasteiger partial charge is 0.504 e. The number of carbonyl (C=O) groups excluding carboxylic acids is 1. The molecule has 0 spiro atoms. The van der Waals surface area contributed by atoms with Crippen LogP contribution in [0.1, 0.15) is 56.2 Å². The Bertz CT molecular complexity index is 743. The van der Waals surface area contributed by atoms with Crippen molar-refractivity contribution in [2.24, 2.45) is 0 Å². The monoisotopic (exact) mass is 341 g/mol. The molecule has 0 aliphatic carbocycles. The molecule has 4 heteroatoms. The van der Waals surface area contributed by atoms with Gasteiger partial charge in [-0.05, 0) is 67.1 Å². The van der Waals surface area contributed by atoms with Gasteiger partial charge in [0.25, 0.3) is 0 Å². The lowest BCUT2D eigenvalue weighted by molar-refractivity contribution is -0.116. The number of benzene rings is 2. The van der Waals surface area contributed by atoms with Crippen LogP contribution in [-0.4, -0.2) is 11.0 Å². The van der Waals surface area contributed by atoms with Gasteiger partial charge < -0.3 is 15.2 Å². The van der Waals surface area contributed by atoms with E-state index in [9.17, 15) is 9.90 Å². The lowest BCUT2D eigenvalue weighted by Crippen LogP contribution is -2.11. The summed E-state index contributed by atoms with van der Waals surface area (Å²) in [4.78, 5) is 11.8. The fraction of sp³-hybridized carbons (Fsp3) is 0.381. The molecule has 0 aliphatic rings. The summed E-state index contributed by atoms with van der Waals surface area (Å²) in [6.07, 6.45) is 1.32. The van der Waals surface area contributed by atoms with Gasteiger partial charge in [0.2, 0.25) is 5.91 Å². The van der Waals surface area contributed by atoms with Crippen molar-refractivity contribution in [2.45, 2.75) is 53.4 Å². The van der Waals surface area contributed by atoms with Gasteiger partial charge in [-0.25, -0.2) is 0 Å². The highest BCUT2D eigenvalue weighted by Gasteiger charge is 2.12. The second-order valence-corrected chi connectivity index (χ2v) is 6.72. The second kappa shape index (κ2) is 8.06. The number of rotatable bonds is 6. The zero-order valence-corrected chi connectivity index (χ0v) is 15.6. The molecule has 0 saturated heterocycles. The quantitative estimate of drug-likeness (QED) is 0.712. The lowest BCUT2D eigenvalue weighted by atomic mass is 10.0. The van der Waals surface area contributed by atoms with Crippen LogP contribution in [0.5, 0.6) is 17.2 Å².